The van der Waals surface area contributed by atoms with Gasteiger partial charge in [0.2, 0.25) is 5.91 Å². The average Bonchev–Trinajstić information content (AvgIpc) is 2.13. The molecule has 1 amide bonds. The van der Waals surface area contributed by atoms with Crippen LogP contribution in [0.1, 0.15) is 6.42 Å². The summed E-state index contributed by atoms with van der Waals surface area (Å²) < 4.78 is 0. The highest BCUT2D eigenvalue weighted by molar-refractivity contribution is 5.78. The molecule has 0 radical (unpaired) electrons. The Balaban J connectivity index is 2.57. The first kappa shape index (κ1) is 6.09. The quantitative estimate of drug-likeness (QED) is 0.456. The van der Waals surface area contributed by atoms with E-state index in [1.54, 1.807) is 11.9 Å². The second-order valence-corrected chi connectivity index (χ2v) is 2.30. The number of likely N-dealkylation sites (tertiary alicyclic amines) is 1. The molecule has 0 N–H and O–H groups in total. The fourth-order valence-corrected chi connectivity index (χ4v) is 0.950. The molecule has 48 valence electrons. The number of carbonyl (C=O) groups is 1. The van der Waals surface area contributed by atoms with Crippen LogP contribution in [0.4, 0.5) is 0 Å². The Morgan fingerprint density at radius 2 is 2.56 bits per heavy atom. The van der Waals surface area contributed by atoms with Gasteiger partial charge in [-0.3, -0.25) is 4.79 Å². The van der Waals surface area contributed by atoms with Crippen molar-refractivity contribution in [3.05, 3.63) is 0 Å². The van der Waals surface area contributed by atoms with E-state index in [0.717, 1.165) is 0 Å². The van der Waals surface area contributed by atoms with Gasteiger partial charge in [0.1, 0.15) is 0 Å². The van der Waals surface area contributed by atoms with Crippen LogP contribution in [0.25, 0.3) is 0 Å². The molecule has 0 aliphatic carbocycles. The monoisotopic (exact) mass is 124 g/mol. The zero-order chi connectivity index (χ0) is 6.85. The molecule has 1 unspecified atom stereocenters. The third kappa shape index (κ3) is 1.02. The molecule has 1 rings (SSSR count). The van der Waals surface area contributed by atoms with Crippen molar-refractivity contribution in [1.29, 1.82) is 5.26 Å². The van der Waals surface area contributed by atoms with Gasteiger partial charge in [0.25, 0.3) is 0 Å². The number of nitriles is 1. The zero-order valence-electron chi connectivity index (χ0n) is 5.29. The maximum absolute atomic E-state index is 10.7. The maximum atomic E-state index is 10.7. The normalized spacial score (nSPS) is 26.4. The van der Waals surface area contributed by atoms with Crippen molar-refractivity contribution in [2.45, 2.75) is 6.42 Å². The predicted molar refractivity (Wildman–Crippen MR) is 31.4 cm³/mol. The molecule has 0 aromatic rings. The highest BCUT2D eigenvalue weighted by Gasteiger charge is 2.25. The number of nitrogens with zero attached hydrogens (tertiary/aromatic N) is 2. The summed E-state index contributed by atoms with van der Waals surface area (Å²) >= 11 is 0. The number of carbonyl (C=O) groups excluding carboxylic acids is 1. The molecule has 0 aromatic heterocycles. The molecule has 0 saturated carbocycles. The molecule has 1 aliphatic rings. The Bertz CT molecular complexity index is 170. The number of hydrogen-bond donors (Lipinski definition) is 0. The number of rotatable bonds is 0. The smallest absolute Gasteiger partial charge is 0.223 e. The van der Waals surface area contributed by atoms with Crippen LogP contribution >= 0.6 is 0 Å². The van der Waals surface area contributed by atoms with Crippen LogP contribution in [-0.4, -0.2) is 24.4 Å². The number of amides is 1. The topological polar surface area (TPSA) is 44.1 Å². The molecule has 1 saturated heterocycles. The fraction of sp³-hybridized carbons (Fsp3) is 0.667. The average molecular weight is 124 g/mol. The van der Waals surface area contributed by atoms with Crippen LogP contribution in [-0.2, 0) is 4.79 Å². The van der Waals surface area contributed by atoms with Crippen molar-refractivity contribution in [1.82, 2.24) is 4.90 Å². The van der Waals surface area contributed by atoms with Gasteiger partial charge in [-0.15, -0.1) is 0 Å². The second-order valence-electron chi connectivity index (χ2n) is 2.30. The molecule has 3 heteroatoms. The Hall–Kier alpha value is -1.04. The summed E-state index contributed by atoms with van der Waals surface area (Å²) in [5.41, 5.74) is 0. The van der Waals surface area contributed by atoms with Crippen LogP contribution in [0.3, 0.4) is 0 Å². The van der Waals surface area contributed by atoms with Crippen LogP contribution < -0.4 is 0 Å². The summed E-state index contributed by atoms with van der Waals surface area (Å²) in [5, 5.41) is 8.37. The van der Waals surface area contributed by atoms with E-state index < -0.39 is 0 Å². The molecule has 0 bridgehead atoms. The lowest BCUT2D eigenvalue weighted by molar-refractivity contribution is -0.126. The van der Waals surface area contributed by atoms with Gasteiger partial charge >= 0.3 is 0 Å². The van der Waals surface area contributed by atoms with Crippen molar-refractivity contribution in [3.63, 3.8) is 0 Å². The number of hydrogen-bond acceptors (Lipinski definition) is 2. The van der Waals surface area contributed by atoms with Gasteiger partial charge < -0.3 is 4.90 Å². The van der Waals surface area contributed by atoms with E-state index in [-0.39, 0.29) is 11.8 Å². The Kier molecular flexibility index (Phi) is 1.39. The van der Waals surface area contributed by atoms with Crippen molar-refractivity contribution < 1.29 is 4.79 Å². The maximum Gasteiger partial charge on any atom is 0.223 e. The Labute approximate surface area is 53.9 Å². The highest BCUT2D eigenvalue weighted by Crippen LogP contribution is 2.13. The third-order valence-corrected chi connectivity index (χ3v) is 1.52. The third-order valence-electron chi connectivity index (χ3n) is 1.52. The first-order chi connectivity index (χ1) is 4.24. The van der Waals surface area contributed by atoms with Crippen molar-refractivity contribution >= 4 is 5.91 Å². The fourth-order valence-electron chi connectivity index (χ4n) is 0.950. The molecule has 1 atom stereocenters. The molecule has 1 heterocycles. The van der Waals surface area contributed by atoms with E-state index in [1.807, 2.05) is 0 Å². The summed E-state index contributed by atoms with van der Waals surface area (Å²) in [6.45, 7) is 0.606. The largest absolute Gasteiger partial charge is 0.344 e. The van der Waals surface area contributed by atoms with Crippen molar-refractivity contribution in [2.24, 2.45) is 5.92 Å². The molecule has 0 aromatic carbocycles. The molecule has 9 heavy (non-hydrogen) atoms. The van der Waals surface area contributed by atoms with Gasteiger partial charge in [-0.25, -0.2) is 0 Å². The molecule has 0 spiro atoms. The van der Waals surface area contributed by atoms with Crippen LogP contribution in [0.5, 0.6) is 0 Å². The van der Waals surface area contributed by atoms with Gasteiger partial charge in [-0.05, 0) is 0 Å². The van der Waals surface area contributed by atoms with Crippen LogP contribution in [0, 0.1) is 17.2 Å². The summed E-state index contributed by atoms with van der Waals surface area (Å²) in [6.07, 6.45) is 0.410. The van der Waals surface area contributed by atoms with Crippen molar-refractivity contribution in [3.8, 4) is 6.07 Å². The minimum Gasteiger partial charge on any atom is -0.344 e. The van der Waals surface area contributed by atoms with E-state index >= 15 is 0 Å². The molecular formula is C6H8N2O. The van der Waals surface area contributed by atoms with Gasteiger partial charge in [-0.1, -0.05) is 0 Å². The lowest BCUT2D eigenvalue weighted by atomic mass is 10.1. The predicted octanol–water partition coefficient (Wildman–Crippen LogP) is -0.0117. The SMILES string of the molecule is CN1CC(C#N)CC1=O. The molecule has 3 nitrogen and oxygen atoms in total. The lowest BCUT2D eigenvalue weighted by Crippen LogP contribution is -2.18. The van der Waals surface area contributed by atoms with E-state index in [4.69, 9.17) is 5.26 Å². The minimum atomic E-state index is -0.0671. The Morgan fingerprint density at radius 3 is 2.78 bits per heavy atom. The second kappa shape index (κ2) is 2.06. The van der Waals surface area contributed by atoms with E-state index in [2.05, 4.69) is 6.07 Å². The van der Waals surface area contributed by atoms with Crippen LogP contribution in [0.2, 0.25) is 0 Å². The van der Waals surface area contributed by atoms with E-state index in [9.17, 15) is 4.79 Å². The molecular weight excluding hydrogens is 116 g/mol. The first-order valence-electron chi connectivity index (χ1n) is 2.87. The first-order valence-corrected chi connectivity index (χ1v) is 2.87. The zero-order valence-corrected chi connectivity index (χ0v) is 5.29. The summed E-state index contributed by atoms with van der Waals surface area (Å²) in [7, 11) is 1.72. The van der Waals surface area contributed by atoms with Gasteiger partial charge in [0.05, 0.1) is 12.0 Å². The minimum absolute atomic E-state index is 0.0671. The summed E-state index contributed by atoms with van der Waals surface area (Å²) in [6, 6.07) is 2.06. The van der Waals surface area contributed by atoms with Crippen LogP contribution in [0.15, 0.2) is 0 Å². The van der Waals surface area contributed by atoms with Gasteiger partial charge in [0, 0.05) is 20.0 Å². The van der Waals surface area contributed by atoms with Gasteiger partial charge in [-0.2, -0.15) is 5.26 Å². The van der Waals surface area contributed by atoms with E-state index in [0.29, 0.717) is 13.0 Å². The molecule has 1 fully saturated rings. The highest BCUT2D eigenvalue weighted by atomic mass is 16.2. The Morgan fingerprint density at radius 1 is 1.89 bits per heavy atom. The van der Waals surface area contributed by atoms with Gasteiger partial charge in [0.15, 0.2) is 0 Å². The van der Waals surface area contributed by atoms with E-state index in [1.165, 1.54) is 0 Å². The summed E-state index contributed by atoms with van der Waals surface area (Å²) in [5.74, 6) is 0.0176. The standard InChI is InChI=1S/C6H8N2O/c1-8-4-5(3-7)2-6(8)9/h5H,2,4H2,1H3. The summed E-state index contributed by atoms with van der Waals surface area (Å²) in [4.78, 5) is 12.3. The van der Waals surface area contributed by atoms with Crippen molar-refractivity contribution in [2.75, 3.05) is 13.6 Å². The lowest BCUT2D eigenvalue weighted by Gasteiger charge is -2.04. The molecule has 1 aliphatic heterocycles.